The molecule has 2 atom stereocenters. The van der Waals surface area contributed by atoms with E-state index in [1.54, 1.807) is 0 Å². The smallest absolute Gasteiger partial charge is 0.463 e. The van der Waals surface area contributed by atoms with Crippen molar-refractivity contribution in [3.05, 3.63) is 85.1 Å². The largest absolute Gasteiger partial charge is 0.472 e. The van der Waals surface area contributed by atoms with E-state index >= 15 is 0 Å². The van der Waals surface area contributed by atoms with Gasteiger partial charge in [0.2, 0.25) is 5.91 Å². The first-order valence-electron chi connectivity index (χ1n) is 22.1. The number of carbonyl (C=O) groups excluding carboxylic acids is 2. The number of ether oxygens (including phenoxy) is 1. The van der Waals surface area contributed by atoms with E-state index in [2.05, 4.69) is 104 Å². The lowest BCUT2D eigenvalue weighted by atomic mass is 10.1. The van der Waals surface area contributed by atoms with E-state index in [1.807, 2.05) is 0 Å². The number of carbonyl (C=O) groups is 2. The topological polar surface area (TPSA) is 131 Å². The molecular formula is C47H80NO8P. The minimum Gasteiger partial charge on any atom is -0.463 e. The normalized spacial score (nSPS) is 14.1. The summed E-state index contributed by atoms with van der Waals surface area (Å²) in [4.78, 5) is 33.9. The van der Waals surface area contributed by atoms with Crippen molar-refractivity contribution in [2.45, 2.75) is 174 Å². The van der Waals surface area contributed by atoms with E-state index in [4.69, 9.17) is 13.8 Å². The van der Waals surface area contributed by atoms with Crippen molar-refractivity contribution in [3.63, 3.8) is 0 Å². The molecule has 0 aliphatic carbocycles. The summed E-state index contributed by atoms with van der Waals surface area (Å²) in [5.41, 5.74) is 0. The number of rotatable bonds is 40. The van der Waals surface area contributed by atoms with Gasteiger partial charge in [0.05, 0.1) is 13.2 Å². The fourth-order valence-electron chi connectivity index (χ4n) is 5.49. The first kappa shape index (κ1) is 54.2. The molecule has 0 aliphatic rings. The van der Waals surface area contributed by atoms with Gasteiger partial charge in [-0.1, -0.05) is 150 Å². The van der Waals surface area contributed by atoms with Crippen LogP contribution in [0.15, 0.2) is 85.1 Å². The quantitative estimate of drug-likeness (QED) is 0.0241. The SMILES string of the molecule is CC/C=C\C/C=C\C/C=C\CCCCCCCC(=O)NCCOP(=O)(O)OCC(O)COC(=O)CCCCCCC/C=C\C/C=C\C/C=C\C/C=C\CCCCC. The Morgan fingerprint density at radius 1 is 0.561 bits per heavy atom. The Kier molecular flexibility index (Phi) is 40.7. The number of aliphatic hydroxyl groups excluding tert-OH is 1. The maximum absolute atomic E-state index is 12.1. The van der Waals surface area contributed by atoms with Crippen LogP contribution in [-0.2, 0) is 27.9 Å². The van der Waals surface area contributed by atoms with Crippen molar-refractivity contribution in [2.24, 2.45) is 0 Å². The molecule has 0 bridgehead atoms. The highest BCUT2D eigenvalue weighted by Crippen LogP contribution is 2.42. The van der Waals surface area contributed by atoms with E-state index in [-0.39, 0.29) is 32.1 Å². The Labute approximate surface area is 347 Å². The van der Waals surface area contributed by atoms with Crippen molar-refractivity contribution in [1.29, 1.82) is 0 Å². The minimum atomic E-state index is -4.43. The molecule has 0 aromatic heterocycles. The van der Waals surface area contributed by atoms with Crippen LogP contribution in [-0.4, -0.2) is 54.3 Å². The maximum atomic E-state index is 12.1. The molecule has 3 N–H and O–H groups in total. The van der Waals surface area contributed by atoms with Crippen LogP contribution in [0.1, 0.15) is 168 Å². The first-order chi connectivity index (χ1) is 27.8. The standard InChI is InChI=1S/C47H80NO8P/c1-3-5-7-9-11-13-15-17-19-20-21-22-23-24-26-28-30-32-34-36-38-40-47(51)54-43-45(49)44-56-57(52,53)55-42-41-48-46(50)39-37-35-33-31-29-27-25-18-16-14-12-10-8-6-4-2/h6,8,11-14,17-19,21-22,24-26,45,49H,3-5,7,9-10,15-16,20,23,27-44H2,1-2H3,(H,48,50)(H,52,53)/b8-6-,13-11-,14-12-,19-17-,22-21-,25-18-,26-24-. The summed E-state index contributed by atoms with van der Waals surface area (Å²) in [5, 5.41) is 12.7. The molecule has 2 unspecified atom stereocenters. The fraction of sp³-hybridized carbons (Fsp3) is 0.660. The molecule has 0 heterocycles. The first-order valence-corrected chi connectivity index (χ1v) is 23.6. The van der Waals surface area contributed by atoms with E-state index in [1.165, 1.54) is 25.7 Å². The highest BCUT2D eigenvalue weighted by atomic mass is 31.2. The zero-order valence-corrected chi connectivity index (χ0v) is 36.6. The summed E-state index contributed by atoms with van der Waals surface area (Å²) in [6.07, 6.45) is 53.6. The van der Waals surface area contributed by atoms with Gasteiger partial charge in [-0.2, -0.15) is 0 Å². The van der Waals surface area contributed by atoms with Gasteiger partial charge in [-0.3, -0.25) is 18.6 Å². The predicted molar refractivity (Wildman–Crippen MR) is 238 cm³/mol. The monoisotopic (exact) mass is 818 g/mol. The summed E-state index contributed by atoms with van der Waals surface area (Å²) in [5.74, 6) is -0.559. The number of hydrogen-bond donors (Lipinski definition) is 3. The van der Waals surface area contributed by atoms with Gasteiger partial charge in [-0.15, -0.1) is 0 Å². The lowest BCUT2D eigenvalue weighted by Gasteiger charge is -2.15. The molecule has 0 aliphatic heterocycles. The van der Waals surface area contributed by atoms with Crippen LogP contribution in [0.3, 0.4) is 0 Å². The van der Waals surface area contributed by atoms with Gasteiger partial charge in [0, 0.05) is 19.4 Å². The minimum absolute atomic E-state index is 0.0647. The van der Waals surface area contributed by atoms with Crippen molar-refractivity contribution >= 4 is 19.7 Å². The van der Waals surface area contributed by atoms with Gasteiger partial charge in [-0.25, -0.2) is 4.57 Å². The van der Waals surface area contributed by atoms with Crippen LogP contribution in [0.2, 0.25) is 0 Å². The zero-order valence-electron chi connectivity index (χ0n) is 35.8. The highest BCUT2D eigenvalue weighted by Gasteiger charge is 2.23. The van der Waals surface area contributed by atoms with E-state index in [0.29, 0.717) is 12.8 Å². The Balaban J connectivity index is 3.68. The Bertz CT molecular complexity index is 1210. The average molecular weight is 818 g/mol. The number of esters is 1. The second-order valence-electron chi connectivity index (χ2n) is 14.3. The number of unbranched alkanes of at least 4 members (excludes halogenated alkanes) is 13. The second-order valence-corrected chi connectivity index (χ2v) is 15.7. The predicted octanol–water partition coefficient (Wildman–Crippen LogP) is 12.4. The van der Waals surface area contributed by atoms with E-state index in [9.17, 15) is 24.2 Å². The van der Waals surface area contributed by atoms with Crippen LogP contribution in [0, 0.1) is 0 Å². The lowest BCUT2D eigenvalue weighted by Crippen LogP contribution is -2.27. The van der Waals surface area contributed by atoms with Crippen molar-refractivity contribution in [1.82, 2.24) is 5.32 Å². The van der Waals surface area contributed by atoms with Crippen LogP contribution >= 0.6 is 7.82 Å². The molecule has 0 spiro atoms. The Morgan fingerprint density at radius 3 is 1.51 bits per heavy atom. The third-order valence-electron chi connectivity index (χ3n) is 8.81. The van der Waals surface area contributed by atoms with E-state index in [0.717, 1.165) is 109 Å². The van der Waals surface area contributed by atoms with Gasteiger partial charge in [0.25, 0.3) is 0 Å². The highest BCUT2D eigenvalue weighted by molar-refractivity contribution is 7.47. The van der Waals surface area contributed by atoms with Crippen LogP contribution in [0.5, 0.6) is 0 Å². The van der Waals surface area contributed by atoms with Gasteiger partial charge < -0.3 is 20.1 Å². The van der Waals surface area contributed by atoms with Crippen molar-refractivity contribution in [2.75, 3.05) is 26.4 Å². The average Bonchev–Trinajstić information content (AvgIpc) is 3.20. The number of phosphoric acid groups is 1. The second kappa shape index (κ2) is 42.8. The molecule has 0 saturated heterocycles. The third kappa shape index (κ3) is 44.1. The summed E-state index contributed by atoms with van der Waals surface area (Å²) in [7, 11) is -4.43. The molecular weight excluding hydrogens is 737 g/mol. The Hall–Kier alpha value is -2.81. The van der Waals surface area contributed by atoms with Crippen LogP contribution < -0.4 is 5.32 Å². The van der Waals surface area contributed by atoms with Gasteiger partial charge in [0.15, 0.2) is 0 Å². The van der Waals surface area contributed by atoms with Gasteiger partial charge in [-0.05, 0) is 89.9 Å². The van der Waals surface area contributed by atoms with Crippen LogP contribution in [0.25, 0.3) is 0 Å². The van der Waals surface area contributed by atoms with Crippen molar-refractivity contribution < 1.29 is 37.9 Å². The number of nitrogens with one attached hydrogen (secondary N) is 1. The van der Waals surface area contributed by atoms with E-state index < -0.39 is 26.5 Å². The Morgan fingerprint density at radius 2 is 1.00 bits per heavy atom. The molecule has 0 aromatic rings. The number of aliphatic hydroxyl groups is 1. The maximum Gasteiger partial charge on any atom is 0.472 e. The molecule has 0 rings (SSSR count). The van der Waals surface area contributed by atoms with Gasteiger partial charge in [0.1, 0.15) is 12.7 Å². The van der Waals surface area contributed by atoms with Gasteiger partial charge >= 0.3 is 13.8 Å². The summed E-state index contributed by atoms with van der Waals surface area (Å²) in [6, 6.07) is 0. The third-order valence-corrected chi connectivity index (χ3v) is 9.79. The molecule has 57 heavy (non-hydrogen) atoms. The summed E-state index contributed by atoms with van der Waals surface area (Å²) in [6.45, 7) is 3.35. The fourth-order valence-corrected chi connectivity index (χ4v) is 6.25. The number of phosphoric ester groups is 1. The molecule has 1 amide bonds. The number of hydrogen-bond acceptors (Lipinski definition) is 7. The lowest BCUT2D eigenvalue weighted by molar-refractivity contribution is -0.147. The molecule has 9 nitrogen and oxygen atoms in total. The zero-order chi connectivity index (χ0) is 41.8. The molecule has 10 heteroatoms. The number of amides is 1. The van der Waals surface area contributed by atoms with Crippen LogP contribution in [0.4, 0.5) is 0 Å². The molecule has 0 fully saturated rings. The van der Waals surface area contributed by atoms with Crippen molar-refractivity contribution in [3.8, 4) is 0 Å². The number of allylic oxidation sites excluding steroid dienone is 14. The summed E-state index contributed by atoms with van der Waals surface area (Å²) < 4.78 is 26.9. The molecule has 0 aromatic carbocycles. The molecule has 326 valence electrons. The summed E-state index contributed by atoms with van der Waals surface area (Å²) >= 11 is 0. The molecule has 0 radical (unpaired) electrons. The molecule has 0 saturated carbocycles.